The number of thiophene rings is 1. The van der Waals surface area contributed by atoms with Crippen LogP contribution in [0.4, 0.5) is 5.82 Å². The molecule has 3 rings (SSSR count). The van der Waals surface area contributed by atoms with Gasteiger partial charge in [-0.15, -0.1) is 11.3 Å². The summed E-state index contributed by atoms with van der Waals surface area (Å²) in [5.74, 6) is 0.931. The predicted octanol–water partition coefficient (Wildman–Crippen LogP) is 2.47. The summed E-state index contributed by atoms with van der Waals surface area (Å²) in [6.45, 7) is 5.70. The summed E-state index contributed by atoms with van der Waals surface area (Å²) in [5, 5.41) is 4.94. The summed E-state index contributed by atoms with van der Waals surface area (Å²) in [7, 11) is 0. The van der Waals surface area contributed by atoms with Crippen LogP contribution in [-0.2, 0) is 17.7 Å². The van der Waals surface area contributed by atoms with Crippen molar-refractivity contribution in [2.75, 3.05) is 31.2 Å². The number of ether oxygens (including phenoxy) is 1. The first-order valence-corrected chi connectivity index (χ1v) is 8.79. The van der Waals surface area contributed by atoms with Crippen molar-refractivity contribution in [3.05, 3.63) is 45.8 Å². The molecular weight excluding hydrogens is 310 g/mol. The highest BCUT2D eigenvalue weighted by atomic mass is 32.1. The Kier molecular flexibility index (Phi) is 5.25. The monoisotopic (exact) mass is 331 g/mol. The van der Waals surface area contributed by atoms with Gasteiger partial charge in [0.15, 0.2) is 0 Å². The Morgan fingerprint density at radius 3 is 2.96 bits per heavy atom. The van der Waals surface area contributed by atoms with Gasteiger partial charge in [-0.25, -0.2) is 4.98 Å². The number of aromatic nitrogens is 1. The van der Waals surface area contributed by atoms with E-state index in [0.717, 1.165) is 54.7 Å². The van der Waals surface area contributed by atoms with Gasteiger partial charge >= 0.3 is 0 Å². The fourth-order valence-corrected chi connectivity index (χ4v) is 3.51. The third-order valence-electron chi connectivity index (χ3n) is 3.89. The van der Waals surface area contributed by atoms with Gasteiger partial charge in [0.25, 0.3) is 5.91 Å². The number of rotatable bonds is 5. The summed E-state index contributed by atoms with van der Waals surface area (Å²) < 4.78 is 5.37. The van der Waals surface area contributed by atoms with Crippen LogP contribution in [0.1, 0.15) is 27.9 Å². The highest BCUT2D eigenvalue weighted by molar-refractivity contribution is 7.12. The molecule has 0 atom stereocenters. The van der Waals surface area contributed by atoms with Crippen molar-refractivity contribution < 1.29 is 9.53 Å². The molecule has 1 amide bonds. The molecule has 23 heavy (non-hydrogen) atoms. The number of aryl methyl sites for hydroxylation is 1. The van der Waals surface area contributed by atoms with Crippen LogP contribution in [0.5, 0.6) is 0 Å². The van der Waals surface area contributed by atoms with E-state index in [0.29, 0.717) is 6.54 Å². The third kappa shape index (κ3) is 3.89. The highest BCUT2D eigenvalue weighted by Crippen LogP contribution is 2.17. The standard InChI is InChI=1S/C17H21N3O2S/c1-2-13-6-11-23-16(13)17(21)18-12-14-4-3-5-15(19-14)20-7-9-22-10-8-20/h3-6,11H,2,7-10,12H2,1H3,(H,18,21). The van der Waals surface area contributed by atoms with E-state index in [9.17, 15) is 4.79 Å². The fourth-order valence-electron chi connectivity index (χ4n) is 2.60. The molecule has 6 heteroatoms. The summed E-state index contributed by atoms with van der Waals surface area (Å²) in [5.41, 5.74) is 1.97. The lowest BCUT2D eigenvalue weighted by atomic mass is 10.2. The van der Waals surface area contributed by atoms with Crippen LogP contribution in [0.25, 0.3) is 0 Å². The molecule has 0 aromatic carbocycles. The zero-order valence-corrected chi connectivity index (χ0v) is 14.1. The van der Waals surface area contributed by atoms with Crippen molar-refractivity contribution in [3.63, 3.8) is 0 Å². The minimum atomic E-state index is -0.0181. The van der Waals surface area contributed by atoms with E-state index in [1.807, 2.05) is 29.6 Å². The maximum absolute atomic E-state index is 12.3. The van der Waals surface area contributed by atoms with Gasteiger partial charge in [0.05, 0.1) is 30.3 Å². The molecule has 0 bridgehead atoms. The summed E-state index contributed by atoms with van der Waals surface area (Å²) >= 11 is 1.49. The van der Waals surface area contributed by atoms with Crippen LogP contribution in [0.3, 0.4) is 0 Å². The van der Waals surface area contributed by atoms with E-state index in [2.05, 4.69) is 22.1 Å². The summed E-state index contributed by atoms with van der Waals surface area (Å²) in [6.07, 6.45) is 0.872. The molecule has 3 heterocycles. The number of anilines is 1. The molecule has 1 aliphatic heterocycles. The number of hydrogen-bond acceptors (Lipinski definition) is 5. The maximum atomic E-state index is 12.3. The first-order valence-electron chi connectivity index (χ1n) is 7.91. The number of amides is 1. The highest BCUT2D eigenvalue weighted by Gasteiger charge is 2.14. The van der Waals surface area contributed by atoms with Crippen molar-refractivity contribution in [3.8, 4) is 0 Å². The van der Waals surface area contributed by atoms with Gasteiger partial charge in [-0.05, 0) is 35.6 Å². The first kappa shape index (κ1) is 16.0. The lowest BCUT2D eigenvalue weighted by Crippen LogP contribution is -2.37. The Morgan fingerprint density at radius 1 is 1.35 bits per heavy atom. The van der Waals surface area contributed by atoms with E-state index in [4.69, 9.17) is 4.74 Å². The Balaban J connectivity index is 1.63. The van der Waals surface area contributed by atoms with E-state index >= 15 is 0 Å². The van der Waals surface area contributed by atoms with Crippen molar-refractivity contribution >= 4 is 23.1 Å². The number of nitrogens with one attached hydrogen (secondary N) is 1. The van der Waals surface area contributed by atoms with Crippen LogP contribution in [0.2, 0.25) is 0 Å². The molecule has 0 spiro atoms. The molecular formula is C17H21N3O2S. The Labute approximate surface area is 140 Å². The maximum Gasteiger partial charge on any atom is 0.261 e. The van der Waals surface area contributed by atoms with Crippen LogP contribution < -0.4 is 10.2 Å². The van der Waals surface area contributed by atoms with Crippen LogP contribution >= 0.6 is 11.3 Å². The second-order valence-corrected chi connectivity index (χ2v) is 6.31. The number of carbonyl (C=O) groups excluding carboxylic acids is 1. The molecule has 0 unspecified atom stereocenters. The molecule has 0 saturated carbocycles. The smallest absolute Gasteiger partial charge is 0.261 e. The van der Waals surface area contributed by atoms with Gasteiger partial charge in [-0.3, -0.25) is 4.79 Å². The van der Waals surface area contributed by atoms with Crippen LogP contribution in [-0.4, -0.2) is 37.2 Å². The average Bonchev–Trinajstić information content (AvgIpc) is 3.09. The van der Waals surface area contributed by atoms with Gasteiger partial charge in [0.1, 0.15) is 5.82 Å². The average molecular weight is 331 g/mol. The molecule has 1 N–H and O–H groups in total. The van der Waals surface area contributed by atoms with E-state index in [-0.39, 0.29) is 5.91 Å². The molecule has 5 nitrogen and oxygen atoms in total. The molecule has 2 aromatic heterocycles. The lowest BCUT2D eigenvalue weighted by molar-refractivity contribution is 0.0953. The van der Waals surface area contributed by atoms with E-state index in [1.165, 1.54) is 11.3 Å². The SMILES string of the molecule is CCc1ccsc1C(=O)NCc1cccc(N2CCOCC2)n1. The number of morpholine rings is 1. The van der Waals surface area contributed by atoms with E-state index < -0.39 is 0 Å². The van der Waals surface area contributed by atoms with Gasteiger partial charge in [-0.1, -0.05) is 13.0 Å². The molecule has 1 saturated heterocycles. The molecule has 2 aromatic rings. The predicted molar refractivity (Wildman–Crippen MR) is 92.1 cm³/mol. The normalized spacial score (nSPS) is 14.7. The molecule has 122 valence electrons. The van der Waals surface area contributed by atoms with Crippen molar-refractivity contribution in [2.24, 2.45) is 0 Å². The quantitative estimate of drug-likeness (QED) is 0.914. The van der Waals surface area contributed by atoms with Crippen molar-refractivity contribution in [1.82, 2.24) is 10.3 Å². The molecule has 0 aliphatic carbocycles. The number of hydrogen-bond donors (Lipinski definition) is 1. The Bertz CT molecular complexity index is 665. The second-order valence-electron chi connectivity index (χ2n) is 5.40. The lowest BCUT2D eigenvalue weighted by Gasteiger charge is -2.28. The Hall–Kier alpha value is -1.92. The van der Waals surface area contributed by atoms with Gasteiger partial charge < -0.3 is 15.0 Å². The second kappa shape index (κ2) is 7.57. The largest absolute Gasteiger partial charge is 0.378 e. The molecule has 0 radical (unpaired) electrons. The summed E-state index contributed by atoms with van der Waals surface area (Å²) in [4.78, 5) is 20.0. The zero-order chi connectivity index (χ0) is 16.1. The number of nitrogens with zero attached hydrogens (tertiary/aromatic N) is 2. The van der Waals surface area contributed by atoms with Crippen LogP contribution in [0, 0.1) is 0 Å². The third-order valence-corrected chi connectivity index (χ3v) is 4.85. The molecule has 1 aliphatic rings. The van der Waals surface area contributed by atoms with Gasteiger partial charge in [0.2, 0.25) is 0 Å². The summed E-state index contributed by atoms with van der Waals surface area (Å²) in [6, 6.07) is 7.95. The Morgan fingerprint density at radius 2 is 2.17 bits per heavy atom. The van der Waals surface area contributed by atoms with Crippen LogP contribution in [0.15, 0.2) is 29.6 Å². The van der Waals surface area contributed by atoms with Gasteiger partial charge in [-0.2, -0.15) is 0 Å². The topological polar surface area (TPSA) is 54.5 Å². The minimum absolute atomic E-state index is 0.0181. The first-order chi connectivity index (χ1) is 11.3. The van der Waals surface area contributed by atoms with Crippen molar-refractivity contribution in [2.45, 2.75) is 19.9 Å². The van der Waals surface area contributed by atoms with Gasteiger partial charge in [0, 0.05) is 13.1 Å². The van der Waals surface area contributed by atoms with E-state index in [1.54, 1.807) is 0 Å². The fraction of sp³-hybridized carbons (Fsp3) is 0.412. The number of pyridine rings is 1. The minimum Gasteiger partial charge on any atom is -0.378 e. The molecule has 1 fully saturated rings. The number of carbonyl (C=O) groups is 1. The zero-order valence-electron chi connectivity index (χ0n) is 13.2. The van der Waals surface area contributed by atoms with Crippen molar-refractivity contribution in [1.29, 1.82) is 0 Å².